The average Bonchev–Trinajstić information content (AvgIpc) is 3.37. The van der Waals surface area contributed by atoms with E-state index in [1.54, 1.807) is 22.8 Å². The summed E-state index contributed by atoms with van der Waals surface area (Å²) in [6.07, 6.45) is 3.13. The third kappa shape index (κ3) is 3.20. The van der Waals surface area contributed by atoms with E-state index in [9.17, 15) is 4.79 Å². The van der Waals surface area contributed by atoms with Crippen molar-refractivity contribution in [2.75, 3.05) is 0 Å². The minimum Gasteiger partial charge on any atom is -0.425 e. The second kappa shape index (κ2) is 7.11. The lowest BCUT2D eigenvalue weighted by atomic mass is 10.1. The zero-order valence-electron chi connectivity index (χ0n) is 16.5. The Morgan fingerprint density at radius 2 is 2.07 bits per heavy atom. The van der Waals surface area contributed by atoms with Crippen molar-refractivity contribution in [3.05, 3.63) is 61.9 Å². The molecule has 1 aliphatic carbocycles. The first-order chi connectivity index (χ1) is 14.0. The molecule has 0 atom stereocenters. The highest BCUT2D eigenvalue weighted by atomic mass is 32.2. The van der Waals surface area contributed by atoms with Gasteiger partial charge in [-0.25, -0.2) is 4.98 Å². The SMILES string of the molecule is Cc1ccc(-n2c(SCc3nnc(C)o3)nc3sc4c(c3c2=O)CCC4)c(C)c1. The van der Waals surface area contributed by atoms with Gasteiger partial charge in [-0.15, -0.1) is 21.5 Å². The number of thiophene rings is 1. The monoisotopic (exact) mass is 424 g/mol. The fraction of sp³-hybridized carbons (Fsp3) is 0.333. The van der Waals surface area contributed by atoms with Crippen molar-refractivity contribution in [3.63, 3.8) is 0 Å². The Kier molecular flexibility index (Phi) is 4.55. The quantitative estimate of drug-likeness (QED) is 0.354. The number of rotatable bonds is 4. The van der Waals surface area contributed by atoms with E-state index >= 15 is 0 Å². The summed E-state index contributed by atoms with van der Waals surface area (Å²) in [4.78, 5) is 20.8. The van der Waals surface area contributed by atoms with Gasteiger partial charge in [0.15, 0.2) is 5.16 Å². The van der Waals surface area contributed by atoms with Crippen LogP contribution >= 0.6 is 23.1 Å². The molecule has 0 aliphatic heterocycles. The predicted molar refractivity (Wildman–Crippen MR) is 115 cm³/mol. The van der Waals surface area contributed by atoms with Crippen LogP contribution in [0.1, 0.15) is 39.8 Å². The molecule has 0 unspecified atom stereocenters. The molecule has 8 heteroatoms. The van der Waals surface area contributed by atoms with Gasteiger partial charge in [0.05, 0.1) is 16.8 Å². The molecule has 6 nitrogen and oxygen atoms in total. The number of benzene rings is 1. The molecule has 0 spiro atoms. The van der Waals surface area contributed by atoms with Crippen molar-refractivity contribution >= 4 is 33.3 Å². The van der Waals surface area contributed by atoms with Crippen LogP contribution in [-0.4, -0.2) is 19.7 Å². The lowest BCUT2D eigenvalue weighted by Crippen LogP contribution is -2.22. The van der Waals surface area contributed by atoms with Gasteiger partial charge >= 0.3 is 0 Å². The second-order valence-electron chi connectivity index (χ2n) is 7.37. The fourth-order valence-corrected chi connectivity index (χ4v) is 6.06. The zero-order valence-corrected chi connectivity index (χ0v) is 18.1. The third-order valence-electron chi connectivity index (χ3n) is 5.19. The van der Waals surface area contributed by atoms with Crippen LogP contribution in [0.15, 0.2) is 32.6 Å². The van der Waals surface area contributed by atoms with Crippen LogP contribution in [0.5, 0.6) is 0 Å². The van der Waals surface area contributed by atoms with Crippen LogP contribution in [0, 0.1) is 20.8 Å². The summed E-state index contributed by atoms with van der Waals surface area (Å²) in [5.74, 6) is 1.53. The maximum atomic E-state index is 13.7. The summed E-state index contributed by atoms with van der Waals surface area (Å²) in [6, 6.07) is 6.14. The molecule has 0 radical (unpaired) electrons. The number of hydrogen-bond donors (Lipinski definition) is 0. The molecular weight excluding hydrogens is 404 g/mol. The molecule has 5 rings (SSSR count). The van der Waals surface area contributed by atoms with Crippen molar-refractivity contribution in [3.8, 4) is 5.69 Å². The molecular formula is C21H20N4O2S2. The van der Waals surface area contributed by atoms with Crippen LogP contribution in [0.4, 0.5) is 0 Å². The molecule has 0 N–H and O–H groups in total. The first kappa shape index (κ1) is 18.6. The Morgan fingerprint density at radius 3 is 2.83 bits per heavy atom. The molecule has 0 bridgehead atoms. The van der Waals surface area contributed by atoms with Gasteiger partial charge in [0, 0.05) is 11.8 Å². The lowest BCUT2D eigenvalue weighted by Gasteiger charge is -2.14. The van der Waals surface area contributed by atoms with Crippen LogP contribution in [0.2, 0.25) is 0 Å². The Hall–Kier alpha value is -2.45. The maximum Gasteiger partial charge on any atom is 0.267 e. The normalized spacial score (nSPS) is 13.3. The largest absolute Gasteiger partial charge is 0.425 e. The predicted octanol–water partition coefficient (Wildman–Crippen LogP) is 4.54. The first-order valence-electron chi connectivity index (χ1n) is 9.58. The molecule has 4 aromatic rings. The van der Waals surface area contributed by atoms with Crippen LogP contribution in [0.3, 0.4) is 0 Å². The minimum atomic E-state index is 0.0190. The maximum absolute atomic E-state index is 13.7. The molecule has 0 saturated heterocycles. The summed E-state index contributed by atoms with van der Waals surface area (Å²) < 4.78 is 7.26. The summed E-state index contributed by atoms with van der Waals surface area (Å²) in [5.41, 5.74) is 4.31. The number of nitrogens with zero attached hydrogens (tertiary/aromatic N) is 4. The van der Waals surface area contributed by atoms with E-state index in [1.807, 2.05) is 19.1 Å². The van der Waals surface area contributed by atoms with Gasteiger partial charge in [-0.1, -0.05) is 29.5 Å². The van der Waals surface area contributed by atoms with Crippen LogP contribution in [-0.2, 0) is 18.6 Å². The van der Waals surface area contributed by atoms with E-state index in [4.69, 9.17) is 9.40 Å². The van der Waals surface area contributed by atoms with Crippen molar-refractivity contribution in [2.45, 2.75) is 50.9 Å². The molecule has 0 saturated carbocycles. The number of hydrogen-bond acceptors (Lipinski definition) is 7. The van der Waals surface area contributed by atoms with Gasteiger partial charge in [-0.2, -0.15) is 0 Å². The number of aromatic nitrogens is 4. The highest BCUT2D eigenvalue weighted by Crippen LogP contribution is 2.36. The van der Waals surface area contributed by atoms with E-state index in [0.29, 0.717) is 22.7 Å². The summed E-state index contributed by atoms with van der Waals surface area (Å²) in [6.45, 7) is 5.86. The Balaban J connectivity index is 1.70. The van der Waals surface area contributed by atoms with Crippen molar-refractivity contribution in [1.29, 1.82) is 0 Å². The number of fused-ring (bicyclic) bond motifs is 3. The topological polar surface area (TPSA) is 73.8 Å². The Bertz CT molecular complexity index is 1300. The van der Waals surface area contributed by atoms with Crippen molar-refractivity contribution in [1.82, 2.24) is 19.7 Å². The lowest BCUT2D eigenvalue weighted by molar-refractivity contribution is 0.485. The second-order valence-corrected chi connectivity index (χ2v) is 9.39. The van der Waals surface area contributed by atoms with Gasteiger partial charge in [0.1, 0.15) is 4.83 Å². The molecule has 0 amide bonds. The zero-order chi connectivity index (χ0) is 20.1. The van der Waals surface area contributed by atoms with Gasteiger partial charge < -0.3 is 4.42 Å². The standard InChI is InChI=1S/C21H20N4O2S2/c1-11-7-8-15(12(2)9-11)25-20(26)18-14-5-4-6-16(14)29-19(18)22-21(25)28-10-17-24-23-13(3)27-17/h7-9H,4-6,10H2,1-3H3. The molecule has 0 fully saturated rings. The Labute approximate surface area is 176 Å². The molecule has 1 aromatic carbocycles. The van der Waals surface area contributed by atoms with Crippen LogP contribution in [0.25, 0.3) is 15.9 Å². The highest BCUT2D eigenvalue weighted by molar-refractivity contribution is 7.98. The average molecular weight is 425 g/mol. The summed E-state index contributed by atoms with van der Waals surface area (Å²) >= 11 is 3.12. The first-order valence-corrected chi connectivity index (χ1v) is 11.4. The van der Waals surface area contributed by atoms with Gasteiger partial charge in [0.25, 0.3) is 5.56 Å². The van der Waals surface area contributed by atoms with Gasteiger partial charge in [-0.3, -0.25) is 9.36 Å². The van der Waals surface area contributed by atoms with Crippen molar-refractivity contribution < 1.29 is 4.42 Å². The van der Waals surface area contributed by atoms with E-state index in [0.717, 1.165) is 40.7 Å². The van der Waals surface area contributed by atoms with Gasteiger partial charge in [-0.05, 0) is 50.3 Å². The van der Waals surface area contributed by atoms with E-state index in [1.165, 1.54) is 27.8 Å². The highest BCUT2D eigenvalue weighted by Gasteiger charge is 2.24. The van der Waals surface area contributed by atoms with Gasteiger partial charge in [0.2, 0.25) is 11.8 Å². The minimum absolute atomic E-state index is 0.0190. The third-order valence-corrected chi connectivity index (χ3v) is 7.30. The van der Waals surface area contributed by atoms with E-state index in [-0.39, 0.29) is 5.56 Å². The van der Waals surface area contributed by atoms with E-state index in [2.05, 4.69) is 23.2 Å². The van der Waals surface area contributed by atoms with E-state index < -0.39 is 0 Å². The van der Waals surface area contributed by atoms with Crippen molar-refractivity contribution in [2.24, 2.45) is 0 Å². The van der Waals surface area contributed by atoms with Crippen LogP contribution < -0.4 is 5.56 Å². The Morgan fingerprint density at radius 1 is 1.21 bits per heavy atom. The molecule has 29 heavy (non-hydrogen) atoms. The molecule has 3 aromatic heterocycles. The molecule has 148 valence electrons. The molecule has 1 aliphatic rings. The number of thioether (sulfide) groups is 1. The fourth-order valence-electron chi connectivity index (χ4n) is 3.91. The summed E-state index contributed by atoms with van der Waals surface area (Å²) in [5, 5.41) is 9.40. The smallest absolute Gasteiger partial charge is 0.267 e. The summed E-state index contributed by atoms with van der Waals surface area (Å²) in [7, 11) is 0. The number of aryl methyl sites for hydroxylation is 5. The molecule has 3 heterocycles.